The third kappa shape index (κ3) is 5.61. The molecule has 4 rings (SSSR count). The van der Waals surface area contributed by atoms with Gasteiger partial charge in [0, 0.05) is 43.8 Å². The predicted octanol–water partition coefficient (Wildman–Crippen LogP) is 2.41. The Bertz CT molecular complexity index is 1050. The molecular formula is C26H30FN5O2. The van der Waals surface area contributed by atoms with E-state index < -0.39 is 11.9 Å². The lowest BCUT2D eigenvalue weighted by Gasteiger charge is -2.43. The van der Waals surface area contributed by atoms with Gasteiger partial charge in [0.15, 0.2) is 0 Å². The molecule has 2 atom stereocenters. The average molecular weight is 464 g/mol. The average Bonchev–Trinajstić information content (AvgIpc) is 3.71. The number of nitrogens with two attached hydrogens (primary N) is 1. The highest BCUT2D eigenvalue weighted by Crippen LogP contribution is 2.35. The number of nitrogens with zero attached hydrogens (tertiary/aromatic N) is 3. The molecule has 8 heteroatoms. The number of amides is 2. The standard InChI is InChI=1S/C26H30FN5O2/c27-21-7-5-20(6-8-21)26(34)31-14-11-23(15-24(31)25(33)30-13-12-28)32(22-9-10-22)17-19-3-1-18(16-29)2-4-19/h1-8,22-24H,9-15,17,28H2,(H,30,33)/t23?,24-/m1/s1. The van der Waals surface area contributed by atoms with E-state index in [0.717, 1.165) is 31.4 Å². The number of piperidine rings is 1. The lowest BCUT2D eigenvalue weighted by Crippen LogP contribution is -2.57. The number of likely N-dealkylation sites (tertiary alicyclic amines) is 1. The maximum Gasteiger partial charge on any atom is 0.254 e. The summed E-state index contributed by atoms with van der Waals surface area (Å²) >= 11 is 0. The van der Waals surface area contributed by atoms with Crippen LogP contribution < -0.4 is 11.1 Å². The lowest BCUT2D eigenvalue weighted by molar-refractivity contribution is -0.127. The van der Waals surface area contributed by atoms with Gasteiger partial charge in [-0.2, -0.15) is 5.26 Å². The smallest absolute Gasteiger partial charge is 0.254 e. The number of nitriles is 1. The molecule has 2 amide bonds. The first-order chi connectivity index (χ1) is 16.5. The second-order valence-corrected chi connectivity index (χ2v) is 8.99. The number of benzene rings is 2. The van der Waals surface area contributed by atoms with Gasteiger partial charge in [-0.1, -0.05) is 12.1 Å². The van der Waals surface area contributed by atoms with Crippen molar-refractivity contribution >= 4 is 11.8 Å². The van der Waals surface area contributed by atoms with Crippen LogP contribution in [-0.2, 0) is 11.3 Å². The molecule has 0 aromatic heterocycles. The fraction of sp³-hybridized carbons (Fsp3) is 0.423. The second-order valence-electron chi connectivity index (χ2n) is 8.99. The summed E-state index contributed by atoms with van der Waals surface area (Å²) in [5.41, 5.74) is 7.70. The van der Waals surface area contributed by atoms with Gasteiger partial charge >= 0.3 is 0 Å². The first-order valence-electron chi connectivity index (χ1n) is 11.8. The fourth-order valence-electron chi connectivity index (χ4n) is 4.67. The largest absolute Gasteiger partial charge is 0.353 e. The Hall–Kier alpha value is -3.28. The van der Waals surface area contributed by atoms with Crippen LogP contribution >= 0.6 is 0 Å². The molecule has 1 saturated carbocycles. The molecule has 7 nitrogen and oxygen atoms in total. The molecule has 1 saturated heterocycles. The summed E-state index contributed by atoms with van der Waals surface area (Å²) in [7, 11) is 0. The van der Waals surface area contributed by atoms with Crippen LogP contribution in [0.25, 0.3) is 0 Å². The number of nitrogens with one attached hydrogen (secondary N) is 1. The third-order valence-corrected chi connectivity index (χ3v) is 6.61. The molecule has 0 spiro atoms. The minimum atomic E-state index is -0.620. The molecule has 1 unspecified atom stereocenters. The van der Waals surface area contributed by atoms with Crippen molar-refractivity contribution in [3.63, 3.8) is 0 Å². The summed E-state index contributed by atoms with van der Waals surface area (Å²) in [6, 6.07) is 15.2. The number of halogens is 1. The SMILES string of the molecule is N#Cc1ccc(CN(C2CC2)C2CCN(C(=O)c3ccc(F)cc3)[C@@H](C(=O)NCCN)C2)cc1. The van der Waals surface area contributed by atoms with E-state index >= 15 is 0 Å². The molecule has 178 valence electrons. The van der Waals surface area contributed by atoms with Gasteiger partial charge in [0.25, 0.3) is 5.91 Å². The molecule has 1 aliphatic carbocycles. The Kier molecular flexibility index (Phi) is 7.56. The minimum Gasteiger partial charge on any atom is -0.353 e. The van der Waals surface area contributed by atoms with Crippen LogP contribution in [0.1, 0.15) is 47.2 Å². The molecule has 3 N–H and O–H groups in total. The summed E-state index contributed by atoms with van der Waals surface area (Å²) in [5.74, 6) is -0.883. The zero-order chi connectivity index (χ0) is 24.1. The van der Waals surface area contributed by atoms with Crippen LogP contribution in [0, 0.1) is 17.1 Å². The highest BCUT2D eigenvalue weighted by molar-refractivity contribution is 5.97. The van der Waals surface area contributed by atoms with Gasteiger partial charge in [-0.25, -0.2) is 4.39 Å². The summed E-state index contributed by atoms with van der Waals surface area (Å²) in [6.07, 6.45) is 3.51. The van der Waals surface area contributed by atoms with Gasteiger partial charge in [0.2, 0.25) is 5.91 Å². The molecule has 2 aromatic rings. The van der Waals surface area contributed by atoms with E-state index in [1.165, 1.54) is 24.3 Å². The molecule has 1 aliphatic heterocycles. The highest BCUT2D eigenvalue weighted by Gasteiger charge is 2.42. The number of hydrogen-bond acceptors (Lipinski definition) is 5. The quantitative estimate of drug-likeness (QED) is 0.626. The van der Waals surface area contributed by atoms with Gasteiger partial charge in [0.1, 0.15) is 11.9 Å². The lowest BCUT2D eigenvalue weighted by atomic mass is 9.93. The monoisotopic (exact) mass is 463 g/mol. The van der Waals surface area contributed by atoms with Gasteiger partial charge in [-0.3, -0.25) is 14.5 Å². The van der Waals surface area contributed by atoms with E-state index in [9.17, 15) is 14.0 Å². The number of hydrogen-bond donors (Lipinski definition) is 2. The number of carbonyl (C=O) groups is 2. The molecule has 0 bridgehead atoms. The number of rotatable bonds is 8. The van der Waals surface area contributed by atoms with E-state index in [0.29, 0.717) is 43.2 Å². The molecule has 0 radical (unpaired) electrons. The molecular weight excluding hydrogens is 433 g/mol. The van der Waals surface area contributed by atoms with E-state index in [2.05, 4.69) is 16.3 Å². The summed E-state index contributed by atoms with van der Waals surface area (Å²) in [6.45, 7) is 1.85. The van der Waals surface area contributed by atoms with Crippen molar-refractivity contribution in [1.82, 2.24) is 15.1 Å². The molecule has 2 aliphatic rings. The van der Waals surface area contributed by atoms with Crippen LogP contribution in [0.4, 0.5) is 4.39 Å². The van der Waals surface area contributed by atoms with Crippen LogP contribution in [0.2, 0.25) is 0 Å². The van der Waals surface area contributed by atoms with Gasteiger partial charge < -0.3 is 16.0 Å². The van der Waals surface area contributed by atoms with Crippen LogP contribution in [0.5, 0.6) is 0 Å². The first kappa shape index (κ1) is 23.9. The van der Waals surface area contributed by atoms with E-state index in [1.54, 1.807) is 4.90 Å². The zero-order valence-corrected chi connectivity index (χ0v) is 19.1. The Morgan fingerprint density at radius 2 is 1.79 bits per heavy atom. The Labute approximate surface area is 199 Å². The van der Waals surface area contributed by atoms with E-state index in [1.807, 2.05) is 24.3 Å². The normalized spacial score (nSPS) is 20.1. The summed E-state index contributed by atoms with van der Waals surface area (Å²) in [5, 5.41) is 11.9. The minimum absolute atomic E-state index is 0.147. The first-order valence-corrected chi connectivity index (χ1v) is 11.8. The van der Waals surface area contributed by atoms with Crippen LogP contribution in [0.15, 0.2) is 48.5 Å². The molecule has 1 heterocycles. The second kappa shape index (κ2) is 10.8. The maximum absolute atomic E-state index is 13.4. The fourth-order valence-corrected chi connectivity index (χ4v) is 4.67. The molecule has 34 heavy (non-hydrogen) atoms. The van der Waals surface area contributed by atoms with Crippen molar-refractivity contribution in [1.29, 1.82) is 5.26 Å². The Balaban J connectivity index is 1.53. The number of carbonyl (C=O) groups excluding carboxylic acids is 2. The Morgan fingerprint density at radius 3 is 2.41 bits per heavy atom. The molecule has 2 fully saturated rings. The third-order valence-electron chi connectivity index (χ3n) is 6.61. The van der Waals surface area contributed by atoms with Crippen molar-refractivity contribution in [2.45, 2.75) is 50.4 Å². The maximum atomic E-state index is 13.4. The van der Waals surface area contributed by atoms with Crippen LogP contribution in [0.3, 0.4) is 0 Å². The summed E-state index contributed by atoms with van der Waals surface area (Å²) < 4.78 is 13.4. The van der Waals surface area contributed by atoms with Gasteiger partial charge in [-0.15, -0.1) is 0 Å². The van der Waals surface area contributed by atoms with Crippen molar-refractivity contribution in [2.75, 3.05) is 19.6 Å². The Morgan fingerprint density at radius 1 is 1.09 bits per heavy atom. The van der Waals surface area contributed by atoms with Crippen molar-refractivity contribution in [2.24, 2.45) is 5.73 Å². The topological polar surface area (TPSA) is 102 Å². The predicted molar refractivity (Wildman–Crippen MR) is 126 cm³/mol. The zero-order valence-electron chi connectivity index (χ0n) is 19.1. The van der Waals surface area contributed by atoms with E-state index in [4.69, 9.17) is 11.0 Å². The van der Waals surface area contributed by atoms with E-state index in [-0.39, 0.29) is 17.9 Å². The van der Waals surface area contributed by atoms with Gasteiger partial charge in [0.05, 0.1) is 11.6 Å². The highest BCUT2D eigenvalue weighted by atomic mass is 19.1. The molecule has 2 aromatic carbocycles. The van der Waals surface area contributed by atoms with Crippen molar-refractivity contribution in [3.8, 4) is 6.07 Å². The summed E-state index contributed by atoms with van der Waals surface area (Å²) in [4.78, 5) is 30.4. The van der Waals surface area contributed by atoms with Gasteiger partial charge in [-0.05, 0) is 67.6 Å². The van der Waals surface area contributed by atoms with Crippen LogP contribution in [-0.4, -0.2) is 59.4 Å². The van der Waals surface area contributed by atoms with Crippen molar-refractivity contribution < 1.29 is 14.0 Å². The van der Waals surface area contributed by atoms with Crippen molar-refractivity contribution in [3.05, 3.63) is 71.0 Å².